The Labute approximate surface area is 120 Å². The van der Waals surface area contributed by atoms with Crippen molar-refractivity contribution in [3.8, 4) is 11.5 Å². The van der Waals surface area contributed by atoms with Crippen molar-refractivity contribution in [2.24, 2.45) is 0 Å². The summed E-state index contributed by atoms with van der Waals surface area (Å²) in [5.74, 6) is -10.6. The first-order valence-corrected chi connectivity index (χ1v) is 6.25. The predicted molar refractivity (Wildman–Crippen MR) is 65.0 cm³/mol. The molecular formula is C13H7F5O2S. The Bertz CT molecular complexity index is 676. The number of para-hydroxylation sites is 1. The third-order valence-corrected chi connectivity index (χ3v) is 3.65. The fourth-order valence-corrected chi connectivity index (χ4v) is 2.58. The Hall–Kier alpha value is -1.96. The minimum Gasteiger partial charge on any atom is -0.504 e. The van der Waals surface area contributed by atoms with Gasteiger partial charge in [-0.1, -0.05) is 17.8 Å². The monoisotopic (exact) mass is 322 g/mol. The van der Waals surface area contributed by atoms with E-state index in [0.29, 0.717) is 0 Å². The quantitative estimate of drug-likeness (QED) is 0.520. The second-order valence-corrected chi connectivity index (χ2v) is 4.86. The van der Waals surface area contributed by atoms with Crippen LogP contribution in [-0.4, -0.2) is 12.2 Å². The molecule has 0 spiro atoms. The summed E-state index contributed by atoms with van der Waals surface area (Å²) in [4.78, 5) is -1.07. The highest BCUT2D eigenvalue weighted by atomic mass is 32.2. The first kappa shape index (κ1) is 15.4. The molecule has 2 aromatic rings. The molecule has 0 radical (unpaired) electrons. The van der Waals surface area contributed by atoms with Gasteiger partial charge in [0, 0.05) is 0 Å². The van der Waals surface area contributed by atoms with Crippen LogP contribution in [0.1, 0.15) is 0 Å². The third kappa shape index (κ3) is 2.63. The largest absolute Gasteiger partial charge is 0.504 e. The van der Waals surface area contributed by atoms with Gasteiger partial charge in [-0.2, -0.15) is 0 Å². The highest BCUT2D eigenvalue weighted by molar-refractivity contribution is 7.99. The standard InChI is InChI=1S/C13H7F5O2S/c1-20-12-5(19)3-2-4-6(12)21-13-10(17)8(15)7(14)9(16)11(13)18/h2-4,19H,1H3. The number of methoxy groups -OCH3 is 1. The van der Waals surface area contributed by atoms with Gasteiger partial charge in [-0.25, -0.2) is 22.0 Å². The van der Waals surface area contributed by atoms with E-state index >= 15 is 0 Å². The maximum Gasteiger partial charge on any atom is 0.200 e. The van der Waals surface area contributed by atoms with Gasteiger partial charge >= 0.3 is 0 Å². The lowest BCUT2D eigenvalue weighted by atomic mass is 10.3. The molecule has 0 aliphatic heterocycles. The van der Waals surface area contributed by atoms with Crippen LogP contribution in [0.2, 0.25) is 0 Å². The van der Waals surface area contributed by atoms with Crippen molar-refractivity contribution in [2.75, 3.05) is 7.11 Å². The highest BCUT2D eigenvalue weighted by Gasteiger charge is 2.27. The first-order chi connectivity index (χ1) is 9.88. The molecular weight excluding hydrogens is 315 g/mol. The molecule has 0 atom stereocenters. The Morgan fingerprint density at radius 1 is 0.905 bits per heavy atom. The highest BCUT2D eigenvalue weighted by Crippen LogP contribution is 2.42. The molecule has 2 rings (SSSR count). The first-order valence-electron chi connectivity index (χ1n) is 5.43. The van der Waals surface area contributed by atoms with E-state index in [4.69, 9.17) is 4.74 Å². The molecule has 0 saturated heterocycles. The normalized spacial score (nSPS) is 10.8. The van der Waals surface area contributed by atoms with E-state index in [-0.39, 0.29) is 28.2 Å². The molecule has 0 aliphatic carbocycles. The second-order valence-electron chi connectivity index (χ2n) is 3.81. The number of rotatable bonds is 3. The van der Waals surface area contributed by atoms with Crippen molar-refractivity contribution in [3.63, 3.8) is 0 Å². The van der Waals surface area contributed by atoms with Crippen molar-refractivity contribution in [2.45, 2.75) is 9.79 Å². The Morgan fingerprint density at radius 3 is 1.95 bits per heavy atom. The molecule has 0 fully saturated rings. The van der Waals surface area contributed by atoms with Crippen LogP contribution in [0.4, 0.5) is 22.0 Å². The lowest BCUT2D eigenvalue weighted by Crippen LogP contribution is -2.03. The van der Waals surface area contributed by atoms with Crippen LogP contribution < -0.4 is 4.74 Å². The Balaban J connectivity index is 2.58. The fraction of sp³-hybridized carbons (Fsp3) is 0.0769. The lowest BCUT2D eigenvalue weighted by Gasteiger charge is -2.11. The zero-order chi connectivity index (χ0) is 15.7. The van der Waals surface area contributed by atoms with E-state index in [0.717, 1.165) is 0 Å². The van der Waals surface area contributed by atoms with Crippen molar-refractivity contribution < 1.29 is 31.8 Å². The van der Waals surface area contributed by atoms with Crippen molar-refractivity contribution in [3.05, 3.63) is 47.3 Å². The average Bonchev–Trinajstić information content (AvgIpc) is 2.47. The Morgan fingerprint density at radius 2 is 1.43 bits per heavy atom. The lowest BCUT2D eigenvalue weighted by molar-refractivity contribution is 0.359. The van der Waals surface area contributed by atoms with Gasteiger partial charge in [0.2, 0.25) is 5.82 Å². The second kappa shape index (κ2) is 5.80. The molecule has 0 saturated carbocycles. The summed E-state index contributed by atoms with van der Waals surface area (Å²) in [6.45, 7) is 0. The molecule has 0 aliphatic rings. The zero-order valence-corrected chi connectivity index (χ0v) is 11.2. The zero-order valence-electron chi connectivity index (χ0n) is 10.4. The van der Waals surface area contributed by atoms with Crippen molar-refractivity contribution >= 4 is 11.8 Å². The summed E-state index contributed by atoms with van der Waals surface area (Å²) in [5, 5.41) is 9.53. The van der Waals surface area contributed by atoms with E-state index < -0.39 is 34.0 Å². The van der Waals surface area contributed by atoms with Crippen LogP contribution in [-0.2, 0) is 0 Å². The number of phenolic OH excluding ortho intramolecular Hbond substituents is 1. The molecule has 112 valence electrons. The van der Waals surface area contributed by atoms with Gasteiger partial charge < -0.3 is 9.84 Å². The number of halogens is 5. The van der Waals surface area contributed by atoms with Crippen LogP contribution in [0.15, 0.2) is 28.0 Å². The molecule has 0 heterocycles. The Kier molecular flexibility index (Phi) is 4.26. The minimum absolute atomic E-state index is 0.000656. The summed E-state index contributed by atoms with van der Waals surface area (Å²) in [6, 6.07) is 3.90. The molecule has 1 N–H and O–H groups in total. The van der Waals surface area contributed by atoms with E-state index in [9.17, 15) is 27.1 Å². The van der Waals surface area contributed by atoms with Crippen molar-refractivity contribution in [1.29, 1.82) is 0 Å². The number of hydrogen-bond acceptors (Lipinski definition) is 3. The van der Waals surface area contributed by atoms with Gasteiger partial charge in [-0.3, -0.25) is 0 Å². The third-order valence-electron chi connectivity index (χ3n) is 2.54. The molecule has 0 amide bonds. The summed E-state index contributed by atoms with van der Waals surface area (Å²) < 4.78 is 71.2. The topological polar surface area (TPSA) is 29.5 Å². The van der Waals surface area contributed by atoms with Gasteiger partial charge in [-0.15, -0.1) is 0 Å². The number of phenols is 1. The van der Waals surface area contributed by atoms with Crippen LogP contribution in [0.3, 0.4) is 0 Å². The molecule has 8 heteroatoms. The summed E-state index contributed by atoms with van der Waals surface area (Å²) in [5.41, 5.74) is 0. The maximum atomic E-state index is 13.6. The molecule has 0 aromatic heterocycles. The smallest absolute Gasteiger partial charge is 0.200 e. The van der Waals surface area contributed by atoms with Crippen molar-refractivity contribution in [1.82, 2.24) is 0 Å². The SMILES string of the molecule is COc1c(O)cccc1Sc1c(F)c(F)c(F)c(F)c1F. The molecule has 2 aromatic carbocycles. The average molecular weight is 322 g/mol. The van der Waals surface area contributed by atoms with E-state index in [1.54, 1.807) is 0 Å². The van der Waals surface area contributed by atoms with Gasteiger partial charge in [0.1, 0.15) is 0 Å². The summed E-state index contributed by atoms with van der Waals surface area (Å²) in [7, 11) is 1.19. The van der Waals surface area contributed by atoms with Crippen LogP contribution >= 0.6 is 11.8 Å². The molecule has 21 heavy (non-hydrogen) atoms. The van der Waals surface area contributed by atoms with E-state index in [1.807, 2.05) is 0 Å². The van der Waals surface area contributed by atoms with Gasteiger partial charge in [0.15, 0.2) is 34.8 Å². The summed E-state index contributed by atoms with van der Waals surface area (Å²) >= 11 is 0.262. The van der Waals surface area contributed by atoms with Crippen LogP contribution in [0, 0.1) is 29.1 Å². The van der Waals surface area contributed by atoms with Crippen LogP contribution in [0.25, 0.3) is 0 Å². The number of aromatic hydroxyl groups is 1. The minimum atomic E-state index is -2.22. The number of benzene rings is 2. The maximum absolute atomic E-state index is 13.6. The van der Waals surface area contributed by atoms with Gasteiger partial charge in [-0.05, 0) is 12.1 Å². The van der Waals surface area contributed by atoms with E-state index in [1.165, 1.54) is 25.3 Å². The van der Waals surface area contributed by atoms with Crippen LogP contribution in [0.5, 0.6) is 11.5 Å². The van der Waals surface area contributed by atoms with E-state index in [2.05, 4.69) is 0 Å². The van der Waals surface area contributed by atoms with Gasteiger partial charge in [0.25, 0.3) is 0 Å². The summed E-state index contributed by atoms with van der Waals surface area (Å²) in [6.07, 6.45) is 0. The molecule has 0 unspecified atom stereocenters. The molecule has 2 nitrogen and oxygen atoms in total. The molecule has 0 bridgehead atoms. The predicted octanol–water partition coefficient (Wildman–Crippen LogP) is 4.25. The fourth-order valence-electron chi connectivity index (χ4n) is 1.57. The number of ether oxygens (including phenoxy) is 1. The number of hydrogen-bond donors (Lipinski definition) is 1. The van der Waals surface area contributed by atoms with Gasteiger partial charge in [0.05, 0.1) is 16.9 Å².